The Bertz CT molecular complexity index is 271. The summed E-state index contributed by atoms with van der Waals surface area (Å²) in [6, 6.07) is 2.59. The molecular weight excluding hydrogens is 216 g/mol. The van der Waals surface area contributed by atoms with Crippen LogP contribution in [0.15, 0.2) is 16.8 Å². The van der Waals surface area contributed by atoms with Crippen molar-refractivity contribution < 1.29 is 0 Å². The molecule has 0 aliphatic carbocycles. The van der Waals surface area contributed by atoms with E-state index in [2.05, 4.69) is 42.5 Å². The molecule has 0 saturated carbocycles. The standard InChI is InChI=1S/C13H24N2S/c1-4-11(3)9-15(5-2)13(8-14)12-6-7-16-10-12/h6-7,10-11,13H,4-5,8-9,14H2,1-3H3. The molecular formula is C13H24N2S. The molecule has 1 heterocycles. The molecule has 2 atom stereocenters. The lowest BCUT2D eigenvalue weighted by Crippen LogP contribution is -2.36. The van der Waals surface area contributed by atoms with Crippen molar-refractivity contribution in [2.45, 2.75) is 33.2 Å². The second kappa shape index (κ2) is 7.05. The van der Waals surface area contributed by atoms with Gasteiger partial charge in [0.15, 0.2) is 0 Å². The van der Waals surface area contributed by atoms with Crippen LogP contribution in [-0.2, 0) is 0 Å². The van der Waals surface area contributed by atoms with Gasteiger partial charge in [-0.1, -0.05) is 27.2 Å². The average Bonchev–Trinajstić information content (AvgIpc) is 2.82. The molecule has 0 saturated heterocycles. The summed E-state index contributed by atoms with van der Waals surface area (Å²) in [5.74, 6) is 0.743. The van der Waals surface area contributed by atoms with Gasteiger partial charge in [0.1, 0.15) is 0 Å². The largest absolute Gasteiger partial charge is 0.329 e. The van der Waals surface area contributed by atoms with Crippen LogP contribution in [0.25, 0.3) is 0 Å². The molecule has 0 aromatic carbocycles. The van der Waals surface area contributed by atoms with Crippen molar-refractivity contribution >= 4 is 11.3 Å². The zero-order valence-corrected chi connectivity index (χ0v) is 11.5. The predicted molar refractivity (Wildman–Crippen MR) is 72.8 cm³/mol. The van der Waals surface area contributed by atoms with Crippen molar-refractivity contribution in [3.05, 3.63) is 22.4 Å². The molecule has 0 fully saturated rings. The smallest absolute Gasteiger partial charge is 0.0478 e. The van der Waals surface area contributed by atoms with Gasteiger partial charge in [-0.05, 0) is 34.9 Å². The molecule has 0 spiro atoms. The van der Waals surface area contributed by atoms with E-state index in [1.165, 1.54) is 12.0 Å². The van der Waals surface area contributed by atoms with Crippen molar-refractivity contribution in [2.75, 3.05) is 19.6 Å². The van der Waals surface area contributed by atoms with Crippen LogP contribution in [0.3, 0.4) is 0 Å². The second-order valence-corrected chi connectivity index (χ2v) is 5.19. The fourth-order valence-electron chi connectivity index (χ4n) is 1.97. The molecule has 2 nitrogen and oxygen atoms in total. The average molecular weight is 240 g/mol. The zero-order chi connectivity index (χ0) is 12.0. The van der Waals surface area contributed by atoms with E-state index in [4.69, 9.17) is 5.73 Å². The zero-order valence-electron chi connectivity index (χ0n) is 10.6. The maximum absolute atomic E-state index is 5.92. The van der Waals surface area contributed by atoms with Crippen LogP contribution in [0.4, 0.5) is 0 Å². The Kier molecular flexibility index (Phi) is 6.03. The number of hydrogen-bond donors (Lipinski definition) is 1. The molecule has 0 aliphatic heterocycles. The first-order valence-corrected chi connectivity index (χ1v) is 7.13. The summed E-state index contributed by atoms with van der Waals surface area (Å²) in [6.07, 6.45) is 1.23. The molecule has 0 radical (unpaired) electrons. The van der Waals surface area contributed by atoms with E-state index in [1.807, 2.05) is 0 Å². The Balaban J connectivity index is 2.68. The molecule has 0 aliphatic rings. The number of hydrogen-bond acceptors (Lipinski definition) is 3. The number of likely N-dealkylation sites (N-methyl/N-ethyl adjacent to an activating group) is 1. The SMILES string of the molecule is CCC(C)CN(CC)C(CN)c1ccsc1. The summed E-state index contributed by atoms with van der Waals surface area (Å²) in [6.45, 7) is 9.70. The lowest BCUT2D eigenvalue weighted by Gasteiger charge is -2.31. The Labute approximate surface area is 103 Å². The van der Waals surface area contributed by atoms with Gasteiger partial charge in [-0.3, -0.25) is 4.90 Å². The molecule has 1 aromatic rings. The van der Waals surface area contributed by atoms with Crippen LogP contribution in [0.2, 0.25) is 0 Å². The van der Waals surface area contributed by atoms with Gasteiger partial charge in [-0.25, -0.2) is 0 Å². The van der Waals surface area contributed by atoms with E-state index in [1.54, 1.807) is 11.3 Å². The minimum Gasteiger partial charge on any atom is -0.329 e. The van der Waals surface area contributed by atoms with Crippen LogP contribution in [0, 0.1) is 5.92 Å². The first-order chi connectivity index (χ1) is 7.72. The molecule has 92 valence electrons. The Morgan fingerprint density at radius 1 is 1.44 bits per heavy atom. The molecule has 2 N–H and O–H groups in total. The highest BCUT2D eigenvalue weighted by molar-refractivity contribution is 7.07. The van der Waals surface area contributed by atoms with Gasteiger partial charge in [0.25, 0.3) is 0 Å². The summed E-state index contributed by atoms with van der Waals surface area (Å²) >= 11 is 1.75. The van der Waals surface area contributed by atoms with Crippen molar-refractivity contribution in [3.8, 4) is 0 Å². The number of rotatable bonds is 7. The Morgan fingerprint density at radius 3 is 2.62 bits per heavy atom. The molecule has 0 bridgehead atoms. The first kappa shape index (κ1) is 13.7. The van der Waals surface area contributed by atoms with Crippen LogP contribution < -0.4 is 5.73 Å². The third-order valence-electron chi connectivity index (χ3n) is 3.24. The van der Waals surface area contributed by atoms with Crippen molar-refractivity contribution in [1.82, 2.24) is 4.90 Å². The van der Waals surface area contributed by atoms with Gasteiger partial charge in [0.05, 0.1) is 0 Å². The number of thiophene rings is 1. The van der Waals surface area contributed by atoms with Crippen LogP contribution in [-0.4, -0.2) is 24.5 Å². The van der Waals surface area contributed by atoms with Crippen molar-refractivity contribution in [1.29, 1.82) is 0 Å². The van der Waals surface area contributed by atoms with Crippen LogP contribution in [0.1, 0.15) is 38.8 Å². The van der Waals surface area contributed by atoms with E-state index >= 15 is 0 Å². The minimum absolute atomic E-state index is 0.394. The fourth-order valence-corrected chi connectivity index (χ4v) is 2.67. The topological polar surface area (TPSA) is 29.3 Å². The highest BCUT2D eigenvalue weighted by atomic mass is 32.1. The summed E-state index contributed by atoms with van der Waals surface area (Å²) < 4.78 is 0. The molecule has 2 unspecified atom stereocenters. The van der Waals surface area contributed by atoms with Gasteiger partial charge in [0, 0.05) is 19.1 Å². The highest BCUT2D eigenvalue weighted by Crippen LogP contribution is 2.23. The maximum atomic E-state index is 5.92. The summed E-state index contributed by atoms with van der Waals surface area (Å²) in [5, 5.41) is 4.35. The molecule has 16 heavy (non-hydrogen) atoms. The highest BCUT2D eigenvalue weighted by Gasteiger charge is 2.19. The Hall–Kier alpha value is -0.380. The summed E-state index contributed by atoms with van der Waals surface area (Å²) in [7, 11) is 0. The fraction of sp³-hybridized carbons (Fsp3) is 0.692. The number of nitrogens with zero attached hydrogens (tertiary/aromatic N) is 1. The monoisotopic (exact) mass is 240 g/mol. The minimum atomic E-state index is 0.394. The molecule has 0 amide bonds. The third kappa shape index (κ3) is 3.58. The van der Waals surface area contributed by atoms with Gasteiger partial charge in [-0.15, -0.1) is 0 Å². The van der Waals surface area contributed by atoms with E-state index < -0.39 is 0 Å². The summed E-state index contributed by atoms with van der Waals surface area (Å²) in [4.78, 5) is 2.50. The lowest BCUT2D eigenvalue weighted by molar-refractivity contribution is 0.182. The molecule has 3 heteroatoms. The van der Waals surface area contributed by atoms with Crippen molar-refractivity contribution in [3.63, 3.8) is 0 Å². The van der Waals surface area contributed by atoms with E-state index in [0.29, 0.717) is 12.6 Å². The molecule has 1 rings (SSSR count). The van der Waals surface area contributed by atoms with E-state index in [0.717, 1.165) is 19.0 Å². The summed E-state index contributed by atoms with van der Waals surface area (Å²) in [5.41, 5.74) is 7.29. The Morgan fingerprint density at radius 2 is 2.19 bits per heavy atom. The second-order valence-electron chi connectivity index (χ2n) is 4.41. The van der Waals surface area contributed by atoms with Crippen molar-refractivity contribution in [2.24, 2.45) is 11.7 Å². The van der Waals surface area contributed by atoms with Gasteiger partial charge in [-0.2, -0.15) is 11.3 Å². The lowest BCUT2D eigenvalue weighted by atomic mass is 10.0. The van der Waals surface area contributed by atoms with Gasteiger partial charge >= 0.3 is 0 Å². The van der Waals surface area contributed by atoms with Crippen LogP contribution >= 0.6 is 11.3 Å². The molecule has 1 aromatic heterocycles. The normalized spacial score (nSPS) is 15.3. The van der Waals surface area contributed by atoms with Gasteiger partial charge < -0.3 is 5.73 Å². The quantitative estimate of drug-likeness (QED) is 0.793. The predicted octanol–water partition coefficient (Wildman–Crippen LogP) is 3.12. The maximum Gasteiger partial charge on any atom is 0.0478 e. The van der Waals surface area contributed by atoms with Crippen LogP contribution in [0.5, 0.6) is 0 Å². The number of nitrogens with two attached hydrogens (primary N) is 1. The first-order valence-electron chi connectivity index (χ1n) is 6.19. The van der Waals surface area contributed by atoms with E-state index in [-0.39, 0.29) is 0 Å². The van der Waals surface area contributed by atoms with E-state index in [9.17, 15) is 0 Å². The van der Waals surface area contributed by atoms with Gasteiger partial charge in [0.2, 0.25) is 0 Å². The third-order valence-corrected chi connectivity index (χ3v) is 3.94.